The van der Waals surface area contributed by atoms with Gasteiger partial charge in [0.05, 0.1) is 36.0 Å². The fraction of sp³-hybridized carbons (Fsp3) is 0.185. The van der Waals surface area contributed by atoms with Gasteiger partial charge in [-0.05, 0) is 54.4 Å². The van der Waals surface area contributed by atoms with Crippen molar-refractivity contribution in [3.8, 4) is 0 Å². The molecule has 0 saturated carbocycles. The number of hydrazone groups is 1. The van der Waals surface area contributed by atoms with Crippen LogP contribution < -0.4 is 4.90 Å². The largest absolute Gasteiger partial charge is 0.462 e. The molecule has 0 spiro atoms. The van der Waals surface area contributed by atoms with Gasteiger partial charge in [-0.2, -0.15) is 18.3 Å². The standard InChI is InChI=1S/C27H21ClF3N3O4/c1-26(18-6-4-3-5-7-18)16-33(32-22(26)17-8-12-20(28)13-9-17)25(37)34(23(35)24(36)38-2)21-14-10-19(11-15-21)27(29,30)31/h3-15H,16H2,1-2H3. The first-order valence-electron chi connectivity index (χ1n) is 11.3. The molecule has 0 N–H and O–H groups in total. The van der Waals surface area contributed by atoms with Crippen molar-refractivity contribution in [1.29, 1.82) is 0 Å². The van der Waals surface area contributed by atoms with Crippen LogP contribution in [0.15, 0.2) is 84.0 Å². The number of urea groups is 1. The highest BCUT2D eigenvalue weighted by molar-refractivity contribution is 6.43. The van der Waals surface area contributed by atoms with Gasteiger partial charge in [0.1, 0.15) is 0 Å². The summed E-state index contributed by atoms with van der Waals surface area (Å²) in [5.74, 6) is -2.75. The summed E-state index contributed by atoms with van der Waals surface area (Å²) in [4.78, 5) is 39.2. The van der Waals surface area contributed by atoms with Gasteiger partial charge < -0.3 is 4.74 Å². The number of alkyl halides is 3. The quantitative estimate of drug-likeness (QED) is 0.315. The Balaban J connectivity index is 1.79. The normalized spacial score (nSPS) is 17.1. The Morgan fingerprint density at radius 2 is 1.58 bits per heavy atom. The van der Waals surface area contributed by atoms with E-state index in [1.165, 1.54) is 0 Å². The molecule has 11 heteroatoms. The van der Waals surface area contributed by atoms with E-state index in [4.69, 9.17) is 11.6 Å². The fourth-order valence-corrected chi connectivity index (χ4v) is 4.30. The molecule has 7 nitrogen and oxygen atoms in total. The van der Waals surface area contributed by atoms with Gasteiger partial charge in [0, 0.05) is 5.02 Å². The first kappa shape index (κ1) is 26.9. The van der Waals surface area contributed by atoms with E-state index in [0.29, 0.717) is 33.3 Å². The summed E-state index contributed by atoms with van der Waals surface area (Å²) in [5.41, 5.74) is -0.104. The van der Waals surface area contributed by atoms with E-state index >= 15 is 0 Å². The zero-order valence-electron chi connectivity index (χ0n) is 20.2. The van der Waals surface area contributed by atoms with Crippen LogP contribution >= 0.6 is 11.6 Å². The number of halogens is 4. The lowest BCUT2D eigenvalue weighted by atomic mass is 9.76. The van der Waals surface area contributed by atoms with E-state index in [9.17, 15) is 27.6 Å². The molecule has 3 aromatic carbocycles. The summed E-state index contributed by atoms with van der Waals surface area (Å²) in [6.45, 7) is 1.84. The van der Waals surface area contributed by atoms with Gasteiger partial charge in [0.2, 0.25) is 0 Å². The number of anilines is 1. The molecule has 1 aliphatic rings. The molecule has 3 aromatic rings. The predicted molar refractivity (Wildman–Crippen MR) is 135 cm³/mol. The van der Waals surface area contributed by atoms with Crippen LogP contribution in [0, 0.1) is 0 Å². The smallest absolute Gasteiger partial charge is 0.416 e. The number of methoxy groups -OCH3 is 1. The Hall–Kier alpha value is -4.18. The number of hydrogen-bond donors (Lipinski definition) is 0. The summed E-state index contributed by atoms with van der Waals surface area (Å²) in [7, 11) is 0.953. The maximum atomic E-state index is 13.7. The van der Waals surface area contributed by atoms with Gasteiger partial charge in [-0.15, -0.1) is 0 Å². The highest BCUT2D eigenvalue weighted by atomic mass is 35.5. The van der Waals surface area contributed by atoms with E-state index < -0.39 is 35.1 Å². The third-order valence-electron chi connectivity index (χ3n) is 6.17. The van der Waals surface area contributed by atoms with Crippen LogP contribution in [0.2, 0.25) is 5.02 Å². The molecular formula is C27H21ClF3N3O4. The topological polar surface area (TPSA) is 79.3 Å². The van der Waals surface area contributed by atoms with E-state index in [1.807, 2.05) is 37.3 Å². The number of esters is 1. The van der Waals surface area contributed by atoms with E-state index in [2.05, 4.69) is 9.84 Å². The molecule has 38 heavy (non-hydrogen) atoms. The number of benzene rings is 3. The lowest BCUT2D eigenvalue weighted by molar-refractivity contribution is -0.151. The van der Waals surface area contributed by atoms with Gasteiger partial charge in [-0.3, -0.25) is 4.79 Å². The van der Waals surface area contributed by atoms with Crippen molar-refractivity contribution in [3.63, 3.8) is 0 Å². The van der Waals surface area contributed by atoms with Crippen LogP contribution in [-0.4, -0.2) is 42.3 Å². The number of carbonyl (C=O) groups is 3. The number of imide groups is 1. The Bertz CT molecular complexity index is 1390. The number of ether oxygens (including phenoxy) is 1. The van der Waals surface area contributed by atoms with Crippen LogP contribution in [0.5, 0.6) is 0 Å². The Kier molecular flexibility index (Phi) is 7.28. The fourth-order valence-electron chi connectivity index (χ4n) is 4.18. The average molecular weight is 544 g/mol. The predicted octanol–water partition coefficient (Wildman–Crippen LogP) is 5.66. The molecule has 1 aliphatic heterocycles. The summed E-state index contributed by atoms with van der Waals surface area (Å²) in [6, 6.07) is 18.3. The van der Waals surface area contributed by atoms with Crippen LogP contribution in [0.3, 0.4) is 0 Å². The zero-order valence-corrected chi connectivity index (χ0v) is 21.0. The molecule has 0 bridgehead atoms. The van der Waals surface area contributed by atoms with Gasteiger partial charge in [-0.25, -0.2) is 19.5 Å². The maximum absolute atomic E-state index is 13.7. The Morgan fingerprint density at radius 1 is 0.974 bits per heavy atom. The summed E-state index contributed by atoms with van der Waals surface area (Å²) in [5, 5.41) is 6.03. The van der Waals surface area contributed by atoms with Gasteiger partial charge >= 0.3 is 24.1 Å². The SMILES string of the molecule is COC(=O)C(=O)N(C(=O)N1CC(C)(c2ccccc2)C(c2ccc(Cl)cc2)=N1)c1ccc(C(F)(F)F)cc1. The summed E-state index contributed by atoms with van der Waals surface area (Å²) >= 11 is 6.05. The molecule has 0 fully saturated rings. The van der Waals surface area contributed by atoms with Crippen LogP contribution in [0.1, 0.15) is 23.6 Å². The van der Waals surface area contributed by atoms with Crippen LogP contribution in [-0.2, 0) is 25.9 Å². The highest BCUT2D eigenvalue weighted by Crippen LogP contribution is 2.37. The van der Waals surface area contributed by atoms with Crippen molar-refractivity contribution in [3.05, 3.63) is 101 Å². The molecule has 0 saturated heterocycles. The van der Waals surface area contributed by atoms with Gasteiger partial charge in [0.25, 0.3) is 0 Å². The molecule has 3 amide bonds. The average Bonchev–Trinajstić information content (AvgIpc) is 3.27. The molecular weight excluding hydrogens is 523 g/mol. The Morgan fingerprint density at radius 3 is 2.13 bits per heavy atom. The molecule has 4 rings (SSSR count). The minimum Gasteiger partial charge on any atom is -0.462 e. The van der Waals surface area contributed by atoms with Crippen molar-refractivity contribution >= 4 is 40.9 Å². The van der Waals surface area contributed by atoms with Crippen molar-refractivity contribution in [1.82, 2.24) is 5.01 Å². The van der Waals surface area contributed by atoms with E-state index in [-0.39, 0.29) is 12.2 Å². The lowest BCUT2D eigenvalue weighted by Crippen LogP contribution is -2.48. The molecule has 0 radical (unpaired) electrons. The number of hydrogen-bond acceptors (Lipinski definition) is 5. The third kappa shape index (κ3) is 5.12. The molecule has 0 aromatic heterocycles. The second-order valence-electron chi connectivity index (χ2n) is 8.67. The molecule has 1 unspecified atom stereocenters. The minimum atomic E-state index is -4.63. The zero-order chi connectivity index (χ0) is 27.7. The second-order valence-corrected chi connectivity index (χ2v) is 9.11. The number of nitrogens with zero attached hydrogens (tertiary/aromatic N) is 3. The van der Waals surface area contributed by atoms with E-state index in [1.54, 1.807) is 24.3 Å². The summed E-state index contributed by atoms with van der Waals surface area (Å²) in [6.07, 6.45) is -4.63. The van der Waals surface area contributed by atoms with E-state index in [0.717, 1.165) is 29.8 Å². The van der Waals surface area contributed by atoms with Crippen molar-refractivity contribution in [2.24, 2.45) is 5.10 Å². The maximum Gasteiger partial charge on any atom is 0.416 e. The minimum absolute atomic E-state index is 0.0284. The van der Waals surface area contributed by atoms with Crippen LogP contribution in [0.25, 0.3) is 0 Å². The molecule has 196 valence electrons. The molecule has 0 aliphatic carbocycles. The first-order valence-corrected chi connectivity index (χ1v) is 11.6. The number of carbonyl (C=O) groups excluding carboxylic acids is 3. The monoisotopic (exact) mass is 543 g/mol. The third-order valence-corrected chi connectivity index (χ3v) is 6.42. The van der Waals surface area contributed by atoms with Crippen molar-refractivity contribution in [2.45, 2.75) is 18.5 Å². The van der Waals surface area contributed by atoms with Crippen molar-refractivity contribution < 1.29 is 32.3 Å². The van der Waals surface area contributed by atoms with Crippen molar-refractivity contribution in [2.75, 3.05) is 18.6 Å². The lowest BCUT2D eigenvalue weighted by Gasteiger charge is -2.28. The summed E-state index contributed by atoms with van der Waals surface area (Å²) < 4.78 is 43.7. The molecule has 1 atom stereocenters. The number of amides is 3. The second kappa shape index (κ2) is 10.3. The first-order chi connectivity index (χ1) is 18.0. The molecule has 1 heterocycles. The number of rotatable bonds is 3. The highest BCUT2D eigenvalue weighted by Gasteiger charge is 2.45. The Labute approximate surface area is 221 Å². The van der Waals surface area contributed by atoms with Gasteiger partial charge in [-0.1, -0.05) is 54.1 Å². The van der Waals surface area contributed by atoms with Gasteiger partial charge in [0.15, 0.2) is 0 Å². The van der Waals surface area contributed by atoms with Crippen LogP contribution in [0.4, 0.5) is 23.7 Å².